The van der Waals surface area contributed by atoms with Gasteiger partial charge in [0.05, 0.1) is 17.2 Å². The van der Waals surface area contributed by atoms with Gasteiger partial charge < -0.3 is 10.2 Å². The van der Waals surface area contributed by atoms with Crippen LogP contribution < -0.4 is 5.32 Å². The van der Waals surface area contributed by atoms with Gasteiger partial charge in [0.15, 0.2) is 0 Å². The van der Waals surface area contributed by atoms with Crippen LogP contribution in [0.5, 0.6) is 0 Å². The van der Waals surface area contributed by atoms with E-state index in [2.05, 4.69) is 24.1 Å². The van der Waals surface area contributed by atoms with Crippen molar-refractivity contribution in [1.82, 2.24) is 15.2 Å². The Labute approximate surface area is 113 Å². The summed E-state index contributed by atoms with van der Waals surface area (Å²) in [5.74, 6) is 0.149. The molecule has 1 heterocycles. The molecule has 0 aliphatic carbocycles. The molecule has 0 saturated carbocycles. The van der Waals surface area contributed by atoms with Crippen molar-refractivity contribution in [3.05, 3.63) is 15.6 Å². The molecule has 0 fully saturated rings. The standard InChI is InChI=1S/C13H23N3OS/c1-6-16(7-2)12(17)8-14-9(3)13-10(4)18-11(5)15-13/h9,14H,6-8H2,1-5H3. The first-order valence-corrected chi connectivity index (χ1v) is 7.26. The number of rotatable bonds is 6. The summed E-state index contributed by atoms with van der Waals surface area (Å²) in [7, 11) is 0. The van der Waals surface area contributed by atoms with Crippen molar-refractivity contribution in [2.24, 2.45) is 0 Å². The number of aryl methyl sites for hydroxylation is 2. The van der Waals surface area contributed by atoms with Crippen molar-refractivity contribution >= 4 is 17.2 Å². The van der Waals surface area contributed by atoms with Crippen LogP contribution in [-0.2, 0) is 4.79 Å². The number of hydrogen-bond acceptors (Lipinski definition) is 4. The molecule has 0 radical (unpaired) electrons. The Morgan fingerprint density at radius 1 is 1.39 bits per heavy atom. The van der Waals surface area contributed by atoms with Crippen molar-refractivity contribution in [1.29, 1.82) is 0 Å². The zero-order valence-electron chi connectivity index (χ0n) is 11.9. The van der Waals surface area contributed by atoms with Crippen LogP contribution in [0.2, 0.25) is 0 Å². The van der Waals surface area contributed by atoms with Crippen LogP contribution in [0, 0.1) is 13.8 Å². The van der Waals surface area contributed by atoms with Gasteiger partial charge in [-0.2, -0.15) is 0 Å². The first kappa shape index (κ1) is 15.1. The van der Waals surface area contributed by atoms with E-state index in [1.165, 1.54) is 4.88 Å². The van der Waals surface area contributed by atoms with Crippen LogP contribution in [0.3, 0.4) is 0 Å². The fraction of sp³-hybridized carbons (Fsp3) is 0.692. The maximum atomic E-state index is 11.9. The molecule has 0 aromatic carbocycles. The summed E-state index contributed by atoms with van der Waals surface area (Å²) in [4.78, 5) is 19.4. The van der Waals surface area contributed by atoms with E-state index in [0.29, 0.717) is 6.54 Å². The van der Waals surface area contributed by atoms with E-state index in [4.69, 9.17) is 0 Å². The Bertz CT molecular complexity index is 399. The van der Waals surface area contributed by atoms with E-state index >= 15 is 0 Å². The highest BCUT2D eigenvalue weighted by molar-refractivity contribution is 7.11. The summed E-state index contributed by atoms with van der Waals surface area (Å²) >= 11 is 1.70. The quantitative estimate of drug-likeness (QED) is 0.861. The minimum atomic E-state index is 0.120. The molecule has 18 heavy (non-hydrogen) atoms. The third-order valence-corrected chi connectivity index (χ3v) is 3.93. The zero-order valence-corrected chi connectivity index (χ0v) is 12.7. The van der Waals surface area contributed by atoms with Crippen molar-refractivity contribution in [2.75, 3.05) is 19.6 Å². The molecule has 0 bridgehead atoms. The highest BCUT2D eigenvalue weighted by atomic mass is 32.1. The summed E-state index contributed by atoms with van der Waals surface area (Å²) < 4.78 is 0. The second-order valence-electron chi connectivity index (χ2n) is 4.34. The second-order valence-corrected chi connectivity index (χ2v) is 5.75. The highest BCUT2D eigenvalue weighted by Crippen LogP contribution is 2.22. The number of carbonyl (C=O) groups is 1. The first-order valence-electron chi connectivity index (χ1n) is 6.44. The minimum Gasteiger partial charge on any atom is -0.342 e. The fourth-order valence-electron chi connectivity index (χ4n) is 1.97. The van der Waals surface area contributed by atoms with Gasteiger partial charge in [-0.05, 0) is 34.6 Å². The monoisotopic (exact) mass is 269 g/mol. The van der Waals surface area contributed by atoms with Crippen LogP contribution in [-0.4, -0.2) is 35.4 Å². The lowest BCUT2D eigenvalue weighted by Crippen LogP contribution is -2.38. The molecule has 1 aromatic heterocycles. The van der Waals surface area contributed by atoms with Crippen LogP contribution >= 0.6 is 11.3 Å². The van der Waals surface area contributed by atoms with Gasteiger partial charge >= 0.3 is 0 Å². The molecule has 102 valence electrons. The van der Waals surface area contributed by atoms with Crippen LogP contribution in [0.1, 0.15) is 42.4 Å². The molecule has 0 spiro atoms. The average Bonchev–Trinajstić information content (AvgIpc) is 2.67. The molecule has 1 rings (SSSR count). The van der Waals surface area contributed by atoms with Gasteiger partial charge in [-0.15, -0.1) is 11.3 Å². The van der Waals surface area contributed by atoms with Crippen molar-refractivity contribution < 1.29 is 4.79 Å². The molecular weight excluding hydrogens is 246 g/mol. The number of nitrogens with zero attached hydrogens (tertiary/aromatic N) is 2. The van der Waals surface area contributed by atoms with Gasteiger partial charge in [0, 0.05) is 24.0 Å². The first-order chi connectivity index (χ1) is 8.49. The maximum Gasteiger partial charge on any atom is 0.236 e. The van der Waals surface area contributed by atoms with E-state index in [0.717, 1.165) is 23.8 Å². The molecule has 0 aliphatic rings. The maximum absolute atomic E-state index is 11.9. The molecular formula is C13H23N3OS. The molecule has 1 atom stereocenters. The number of thiazole rings is 1. The lowest BCUT2D eigenvalue weighted by Gasteiger charge is -2.20. The van der Waals surface area contributed by atoms with Crippen LogP contribution in [0.4, 0.5) is 0 Å². The topological polar surface area (TPSA) is 45.2 Å². The van der Waals surface area contributed by atoms with E-state index < -0.39 is 0 Å². The number of hydrogen-bond donors (Lipinski definition) is 1. The van der Waals surface area contributed by atoms with Gasteiger partial charge in [-0.3, -0.25) is 4.79 Å². The number of aromatic nitrogens is 1. The molecule has 1 unspecified atom stereocenters. The summed E-state index contributed by atoms with van der Waals surface area (Å²) in [6.45, 7) is 12.0. The van der Waals surface area contributed by atoms with E-state index in [1.807, 2.05) is 25.7 Å². The van der Waals surface area contributed by atoms with Crippen LogP contribution in [0.25, 0.3) is 0 Å². The summed E-state index contributed by atoms with van der Waals surface area (Å²) in [6, 6.07) is 0.120. The molecule has 1 aromatic rings. The van der Waals surface area contributed by atoms with Crippen molar-refractivity contribution in [3.8, 4) is 0 Å². The van der Waals surface area contributed by atoms with Gasteiger partial charge in [0.25, 0.3) is 0 Å². The molecule has 1 N–H and O–H groups in total. The SMILES string of the molecule is CCN(CC)C(=O)CNC(C)c1nc(C)sc1C. The average molecular weight is 269 g/mol. The van der Waals surface area contributed by atoms with E-state index in [9.17, 15) is 4.79 Å². The minimum absolute atomic E-state index is 0.120. The summed E-state index contributed by atoms with van der Waals surface area (Å²) in [5.41, 5.74) is 1.06. The Kier molecular flexibility index (Phi) is 5.75. The summed E-state index contributed by atoms with van der Waals surface area (Å²) in [6.07, 6.45) is 0. The predicted molar refractivity (Wildman–Crippen MR) is 75.9 cm³/mol. The normalized spacial score (nSPS) is 12.5. The number of carbonyl (C=O) groups excluding carboxylic acids is 1. The Morgan fingerprint density at radius 3 is 2.44 bits per heavy atom. The van der Waals surface area contributed by atoms with Gasteiger partial charge in [0.2, 0.25) is 5.91 Å². The lowest BCUT2D eigenvalue weighted by molar-refractivity contribution is -0.129. The van der Waals surface area contributed by atoms with E-state index in [-0.39, 0.29) is 11.9 Å². The van der Waals surface area contributed by atoms with Crippen molar-refractivity contribution in [3.63, 3.8) is 0 Å². The number of likely N-dealkylation sites (N-methyl/N-ethyl adjacent to an activating group) is 1. The van der Waals surface area contributed by atoms with Gasteiger partial charge in [0.1, 0.15) is 0 Å². The molecule has 4 nitrogen and oxygen atoms in total. The Hall–Kier alpha value is -0.940. The number of amides is 1. The molecule has 0 aliphatic heterocycles. The second kappa shape index (κ2) is 6.85. The third kappa shape index (κ3) is 3.78. The smallest absolute Gasteiger partial charge is 0.236 e. The molecule has 1 amide bonds. The largest absolute Gasteiger partial charge is 0.342 e. The van der Waals surface area contributed by atoms with Crippen LogP contribution in [0.15, 0.2) is 0 Å². The summed E-state index contributed by atoms with van der Waals surface area (Å²) in [5, 5.41) is 4.33. The highest BCUT2D eigenvalue weighted by Gasteiger charge is 2.15. The predicted octanol–water partition coefficient (Wildman–Crippen LogP) is 2.28. The fourth-order valence-corrected chi connectivity index (χ4v) is 2.89. The number of nitrogens with one attached hydrogen (secondary N) is 1. The van der Waals surface area contributed by atoms with Crippen molar-refractivity contribution in [2.45, 2.75) is 40.7 Å². The lowest BCUT2D eigenvalue weighted by atomic mass is 10.2. The van der Waals surface area contributed by atoms with E-state index in [1.54, 1.807) is 11.3 Å². The van der Waals surface area contributed by atoms with Gasteiger partial charge in [-0.25, -0.2) is 4.98 Å². The molecule has 0 saturated heterocycles. The molecule has 5 heteroatoms. The third-order valence-electron chi connectivity index (χ3n) is 3.03. The Balaban J connectivity index is 2.53. The Morgan fingerprint density at radius 2 is 2.00 bits per heavy atom. The van der Waals surface area contributed by atoms with Gasteiger partial charge in [-0.1, -0.05) is 0 Å². The zero-order chi connectivity index (χ0) is 13.7.